The summed E-state index contributed by atoms with van der Waals surface area (Å²) >= 11 is 0. The third-order valence-corrected chi connectivity index (χ3v) is 8.00. The van der Waals surface area contributed by atoms with Gasteiger partial charge in [0.05, 0.1) is 24.5 Å². The molecule has 25 heavy (non-hydrogen) atoms. The first-order chi connectivity index (χ1) is 11.6. The van der Waals surface area contributed by atoms with Crippen LogP contribution in [0, 0.1) is 5.92 Å². The second-order valence-corrected chi connectivity index (χ2v) is 9.48. The molecule has 0 spiro atoms. The van der Waals surface area contributed by atoms with Crippen LogP contribution >= 0.6 is 0 Å². The molecule has 2 rings (SSSR count). The molecule has 1 amide bonds. The zero-order valence-electron chi connectivity index (χ0n) is 14.6. The molecule has 1 unspecified atom stereocenters. The summed E-state index contributed by atoms with van der Waals surface area (Å²) in [6.07, 6.45) is 0. The molecule has 8 nitrogen and oxygen atoms in total. The lowest BCUT2D eigenvalue weighted by molar-refractivity contribution is -0.119. The molecule has 1 aromatic rings. The number of carbonyl (C=O) groups excluding carboxylic acids is 1. The lowest BCUT2D eigenvalue weighted by Crippen LogP contribution is -2.32. The third-order valence-electron chi connectivity index (χ3n) is 4.07. The van der Waals surface area contributed by atoms with Gasteiger partial charge in [-0.2, -0.15) is 4.31 Å². The van der Waals surface area contributed by atoms with Gasteiger partial charge < -0.3 is 4.74 Å². The van der Waals surface area contributed by atoms with Gasteiger partial charge in [0.15, 0.2) is 0 Å². The van der Waals surface area contributed by atoms with Crippen molar-refractivity contribution in [1.29, 1.82) is 0 Å². The minimum absolute atomic E-state index is 0.000816. The molecule has 1 saturated heterocycles. The van der Waals surface area contributed by atoms with Gasteiger partial charge in [-0.15, -0.1) is 0 Å². The van der Waals surface area contributed by atoms with Crippen molar-refractivity contribution in [1.82, 2.24) is 4.31 Å². The van der Waals surface area contributed by atoms with Crippen molar-refractivity contribution in [2.75, 3.05) is 30.3 Å². The Morgan fingerprint density at radius 3 is 2.32 bits per heavy atom. The molecule has 10 heteroatoms. The van der Waals surface area contributed by atoms with E-state index in [1.807, 2.05) is 0 Å². The van der Waals surface area contributed by atoms with Gasteiger partial charge in [-0.05, 0) is 18.2 Å². The predicted molar refractivity (Wildman–Crippen MR) is 93.5 cm³/mol. The Morgan fingerprint density at radius 2 is 1.88 bits per heavy atom. The van der Waals surface area contributed by atoms with Crippen LogP contribution in [0.1, 0.15) is 20.8 Å². The van der Waals surface area contributed by atoms with E-state index in [1.54, 1.807) is 13.8 Å². The van der Waals surface area contributed by atoms with Crippen molar-refractivity contribution in [3.05, 3.63) is 18.2 Å². The number of nitrogens with zero attached hydrogens (tertiary/aromatic N) is 2. The summed E-state index contributed by atoms with van der Waals surface area (Å²) in [6.45, 7) is 5.44. The van der Waals surface area contributed by atoms with Crippen LogP contribution < -0.4 is 9.04 Å². The summed E-state index contributed by atoms with van der Waals surface area (Å²) in [5.74, 6) is -1.45. The molecule has 0 saturated carbocycles. The Balaban J connectivity index is 2.65. The maximum Gasteiger partial charge on any atom is 0.246 e. The number of rotatable bonds is 6. The highest BCUT2D eigenvalue weighted by atomic mass is 32.2. The van der Waals surface area contributed by atoms with E-state index < -0.39 is 31.9 Å². The fourth-order valence-corrected chi connectivity index (χ4v) is 6.23. The number of hydrogen-bond acceptors (Lipinski definition) is 6. The largest absolute Gasteiger partial charge is 0.495 e. The van der Waals surface area contributed by atoms with Crippen LogP contribution in [0.3, 0.4) is 0 Å². The molecule has 140 valence electrons. The molecule has 1 fully saturated rings. The van der Waals surface area contributed by atoms with Crippen LogP contribution in [-0.2, 0) is 24.8 Å². The molecule has 0 aromatic heterocycles. The normalized spacial score (nSPS) is 20.3. The summed E-state index contributed by atoms with van der Waals surface area (Å²) in [5.41, 5.74) is 0.000816. The first kappa shape index (κ1) is 19.7. The lowest BCUT2D eigenvalue weighted by Gasteiger charge is -2.22. The van der Waals surface area contributed by atoms with Crippen LogP contribution in [0.4, 0.5) is 5.69 Å². The molecular formula is C15H22N2O6S2. The second kappa shape index (κ2) is 6.93. The molecule has 1 aliphatic rings. The van der Waals surface area contributed by atoms with Crippen LogP contribution in [-0.4, -0.2) is 53.0 Å². The summed E-state index contributed by atoms with van der Waals surface area (Å²) in [6, 6.07) is 3.91. The molecule has 1 aliphatic heterocycles. The molecule has 0 N–H and O–H groups in total. The minimum Gasteiger partial charge on any atom is -0.495 e. The van der Waals surface area contributed by atoms with Crippen LogP contribution in [0.25, 0.3) is 0 Å². The molecule has 0 radical (unpaired) electrons. The zero-order valence-corrected chi connectivity index (χ0v) is 16.2. The maximum atomic E-state index is 12.8. The van der Waals surface area contributed by atoms with E-state index >= 15 is 0 Å². The SMILES string of the molecule is CCN(CC)S(=O)(=O)c1cc(N2C(=O)C(C)CS2(=O)=O)ccc1OC. The Labute approximate surface area is 148 Å². The molecule has 1 heterocycles. The number of benzene rings is 1. The highest BCUT2D eigenvalue weighted by Gasteiger charge is 2.42. The van der Waals surface area contributed by atoms with Crippen molar-refractivity contribution in [3.63, 3.8) is 0 Å². The Bertz CT molecular complexity index is 875. The summed E-state index contributed by atoms with van der Waals surface area (Å²) < 4.78 is 57.2. The van der Waals surface area contributed by atoms with Crippen LogP contribution in [0.2, 0.25) is 0 Å². The quantitative estimate of drug-likeness (QED) is 0.719. The zero-order chi connectivity index (χ0) is 19.0. The van der Waals surface area contributed by atoms with E-state index in [0.29, 0.717) is 4.31 Å². The smallest absolute Gasteiger partial charge is 0.246 e. The monoisotopic (exact) mass is 390 g/mol. The number of carbonyl (C=O) groups is 1. The minimum atomic E-state index is -3.89. The maximum absolute atomic E-state index is 12.8. The highest BCUT2D eigenvalue weighted by molar-refractivity contribution is 7.94. The van der Waals surface area contributed by atoms with Crippen LogP contribution in [0.5, 0.6) is 5.75 Å². The van der Waals surface area contributed by atoms with Gasteiger partial charge in [-0.3, -0.25) is 4.79 Å². The fourth-order valence-electron chi connectivity index (χ4n) is 2.78. The number of ether oxygens (including phenoxy) is 1. The van der Waals surface area contributed by atoms with Crippen molar-refractivity contribution in [2.45, 2.75) is 25.7 Å². The fraction of sp³-hybridized carbons (Fsp3) is 0.533. The van der Waals surface area contributed by atoms with Gasteiger partial charge in [-0.25, -0.2) is 21.1 Å². The van der Waals surface area contributed by atoms with E-state index in [4.69, 9.17) is 4.74 Å². The van der Waals surface area contributed by atoms with E-state index in [-0.39, 0.29) is 35.2 Å². The number of amides is 1. The first-order valence-corrected chi connectivity index (χ1v) is 10.9. The molecular weight excluding hydrogens is 368 g/mol. The number of hydrogen-bond donors (Lipinski definition) is 0. The molecule has 0 bridgehead atoms. The average molecular weight is 390 g/mol. The number of sulfonamides is 2. The Morgan fingerprint density at radius 1 is 1.28 bits per heavy atom. The van der Waals surface area contributed by atoms with Crippen molar-refractivity contribution in [2.24, 2.45) is 5.92 Å². The van der Waals surface area contributed by atoms with Gasteiger partial charge in [0, 0.05) is 13.1 Å². The number of anilines is 1. The van der Waals surface area contributed by atoms with Crippen LogP contribution in [0.15, 0.2) is 23.1 Å². The Kier molecular flexibility index (Phi) is 5.45. The average Bonchev–Trinajstić information content (AvgIpc) is 2.75. The van der Waals surface area contributed by atoms with Gasteiger partial charge in [0.1, 0.15) is 10.6 Å². The van der Waals surface area contributed by atoms with E-state index in [9.17, 15) is 21.6 Å². The lowest BCUT2D eigenvalue weighted by atomic mass is 10.2. The van der Waals surface area contributed by atoms with Crippen molar-refractivity contribution < 1.29 is 26.4 Å². The molecule has 1 atom stereocenters. The summed E-state index contributed by atoms with van der Waals surface area (Å²) in [4.78, 5) is 12.1. The number of methoxy groups -OCH3 is 1. The topological polar surface area (TPSA) is 101 Å². The standard InChI is InChI=1S/C15H22N2O6S2/c1-5-16(6-2)25(21,22)14-9-12(7-8-13(14)23-4)17-15(18)11(3)10-24(17,19)20/h7-9,11H,5-6,10H2,1-4H3. The van der Waals surface area contributed by atoms with Gasteiger partial charge >= 0.3 is 0 Å². The molecule has 1 aromatic carbocycles. The van der Waals surface area contributed by atoms with Gasteiger partial charge in [0.2, 0.25) is 26.0 Å². The first-order valence-electron chi connectivity index (χ1n) is 7.85. The third kappa shape index (κ3) is 3.38. The van der Waals surface area contributed by atoms with Gasteiger partial charge in [-0.1, -0.05) is 20.8 Å². The predicted octanol–water partition coefficient (Wildman–Crippen LogP) is 1.04. The summed E-state index contributed by atoms with van der Waals surface area (Å²) in [5, 5.41) is 0. The van der Waals surface area contributed by atoms with E-state index in [2.05, 4.69) is 0 Å². The Hall–Kier alpha value is -1.65. The molecule has 0 aliphatic carbocycles. The summed E-state index contributed by atoms with van der Waals surface area (Å²) in [7, 11) is -6.38. The highest BCUT2D eigenvalue weighted by Crippen LogP contribution is 2.35. The van der Waals surface area contributed by atoms with E-state index in [0.717, 1.165) is 0 Å². The van der Waals surface area contributed by atoms with Crippen molar-refractivity contribution >= 4 is 31.6 Å². The van der Waals surface area contributed by atoms with Crippen molar-refractivity contribution in [3.8, 4) is 5.75 Å². The van der Waals surface area contributed by atoms with Gasteiger partial charge in [0.25, 0.3) is 0 Å². The second-order valence-electron chi connectivity index (χ2n) is 5.71. The van der Waals surface area contributed by atoms with E-state index in [1.165, 1.54) is 36.5 Å².